The van der Waals surface area contributed by atoms with E-state index in [9.17, 15) is 14.7 Å². The second-order valence-electron chi connectivity index (χ2n) is 6.28. The Kier molecular flexibility index (Phi) is 6.42. The molecule has 0 aromatic rings. The average molecular weight is 285 g/mol. The highest BCUT2D eigenvalue weighted by atomic mass is 16.3. The first-order valence-corrected chi connectivity index (χ1v) is 7.31. The van der Waals surface area contributed by atoms with Crippen molar-refractivity contribution in [2.24, 2.45) is 5.92 Å². The molecule has 3 N–H and O–H groups in total. The van der Waals surface area contributed by atoms with Crippen molar-refractivity contribution < 1.29 is 14.7 Å². The van der Waals surface area contributed by atoms with Gasteiger partial charge < -0.3 is 10.4 Å². The van der Waals surface area contributed by atoms with Gasteiger partial charge in [0.2, 0.25) is 5.91 Å². The van der Waals surface area contributed by atoms with E-state index in [2.05, 4.69) is 10.6 Å². The molecule has 20 heavy (non-hydrogen) atoms. The molecule has 0 bridgehead atoms. The van der Waals surface area contributed by atoms with Crippen LogP contribution in [0.1, 0.15) is 40.0 Å². The van der Waals surface area contributed by atoms with E-state index in [1.165, 1.54) is 0 Å². The van der Waals surface area contributed by atoms with Gasteiger partial charge in [-0.05, 0) is 38.6 Å². The van der Waals surface area contributed by atoms with Gasteiger partial charge in [-0.15, -0.1) is 0 Å². The van der Waals surface area contributed by atoms with Gasteiger partial charge in [0.25, 0.3) is 0 Å². The molecule has 6 nitrogen and oxygen atoms in total. The van der Waals surface area contributed by atoms with Crippen molar-refractivity contribution in [3.8, 4) is 0 Å². The molecule has 6 heteroatoms. The van der Waals surface area contributed by atoms with Gasteiger partial charge in [0, 0.05) is 13.1 Å². The van der Waals surface area contributed by atoms with E-state index in [1.807, 2.05) is 25.7 Å². The number of aliphatic hydroxyl groups is 1. The third kappa shape index (κ3) is 6.86. The summed E-state index contributed by atoms with van der Waals surface area (Å²) in [4.78, 5) is 25.2. The molecule has 1 rings (SSSR count). The van der Waals surface area contributed by atoms with Crippen LogP contribution in [0, 0.1) is 5.92 Å². The Hall–Kier alpha value is -1.14. The quantitative estimate of drug-likeness (QED) is 0.710. The van der Waals surface area contributed by atoms with Crippen LogP contribution in [-0.2, 0) is 4.79 Å². The lowest BCUT2D eigenvalue weighted by Gasteiger charge is -2.21. The highest BCUT2D eigenvalue weighted by molar-refractivity contribution is 5.95. The summed E-state index contributed by atoms with van der Waals surface area (Å²) in [5.74, 6) is 0.0523. The summed E-state index contributed by atoms with van der Waals surface area (Å²) in [6.45, 7) is 8.01. The maximum Gasteiger partial charge on any atom is 0.321 e. The van der Waals surface area contributed by atoms with Gasteiger partial charge in [-0.2, -0.15) is 0 Å². The Balaban J connectivity index is 2.29. The summed E-state index contributed by atoms with van der Waals surface area (Å²) in [7, 11) is 0. The fourth-order valence-corrected chi connectivity index (χ4v) is 2.19. The first kappa shape index (κ1) is 16.9. The fraction of sp³-hybridized carbons (Fsp3) is 0.857. The lowest BCUT2D eigenvalue weighted by atomic mass is 9.98. The molecule has 1 aliphatic rings. The predicted molar refractivity (Wildman–Crippen MR) is 77.3 cm³/mol. The van der Waals surface area contributed by atoms with Crippen molar-refractivity contribution in [1.82, 2.24) is 15.5 Å². The van der Waals surface area contributed by atoms with E-state index in [0.29, 0.717) is 25.4 Å². The molecule has 0 radical (unpaired) electrons. The molecule has 1 fully saturated rings. The number of hydrogen-bond donors (Lipinski definition) is 3. The lowest BCUT2D eigenvalue weighted by Crippen LogP contribution is -2.45. The summed E-state index contributed by atoms with van der Waals surface area (Å²) in [6, 6.07) is -0.439. The maximum absolute atomic E-state index is 11.8. The van der Waals surface area contributed by atoms with E-state index >= 15 is 0 Å². The van der Waals surface area contributed by atoms with Crippen molar-refractivity contribution in [2.45, 2.75) is 45.6 Å². The molecule has 1 unspecified atom stereocenters. The van der Waals surface area contributed by atoms with Crippen LogP contribution in [0.25, 0.3) is 0 Å². The van der Waals surface area contributed by atoms with Crippen molar-refractivity contribution in [1.29, 1.82) is 0 Å². The minimum absolute atomic E-state index is 0.200. The van der Waals surface area contributed by atoms with Crippen LogP contribution in [0.2, 0.25) is 0 Å². The van der Waals surface area contributed by atoms with Gasteiger partial charge in [-0.25, -0.2) is 4.79 Å². The SMILES string of the molecule is CC(C)CNC(=O)NC(=O)CN1CCCC(C)(O)CC1. The average Bonchev–Trinajstić information content (AvgIpc) is 2.48. The molecule has 0 aliphatic carbocycles. The molecule has 1 heterocycles. The molecule has 0 aromatic carbocycles. The Morgan fingerprint density at radius 1 is 1.30 bits per heavy atom. The smallest absolute Gasteiger partial charge is 0.321 e. The zero-order chi connectivity index (χ0) is 15.2. The minimum Gasteiger partial charge on any atom is -0.390 e. The Labute approximate surface area is 120 Å². The number of amides is 3. The molecule has 116 valence electrons. The minimum atomic E-state index is -0.639. The van der Waals surface area contributed by atoms with Gasteiger partial charge in [0.05, 0.1) is 12.1 Å². The van der Waals surface area contributed by atoms with Crippen molar-refractivity contribution in [3.05, 3.63) is 0 Å². The molecule has 1 aliphatic heterocycles. The number of nitrogens with zero attached hydrogens (tertiary/aromatic N) is 1. The summed E-state index contributed by atoms with van der Waals surface area (Å²) in [6.07, 6.45) is 2.26. The number of imide groups is 1. The van der Waals surface area contributed by atoms with Crippen molar-refractivity contribution in [3.63, 3.8) is 0 Å². The van der Waals surface area contributed by atoms with E-state index in [0.717, 1.165) is 19.4 Å². The number of carbonyl (C=O) groups excluding carboxylic acids is 2. The lowest BCUT2D eigenvalue weighted by molar-refractivity contribution is -0.121. The predicted octanol–water partition coefficient (Wildman–Crippen LogP) is 0.705. The third-order valence-corrected chi connectivity index (χ3v) is 3.45. The number of nitrogens with one attached hydrogen (secondary N) is 2. The van der Waals surface area contributed by atoms with Gasteiger partial charge in [0.15, 0.2) is 0 Å². The zero-order valence-corrected chi connectivity index (χ0v) is 12.7. The topological polar surface area (TPSA) is 81.7 Å². The van der Waals surface area contributed by atoms with Crippen molar-refractivity contribution >= 4 is 11.9 Å². The Bertz CT molecular complexity index is 343. The van der Waals surface area contributed by atoms with Crippen LogP contribution >= 0.6 is 0 Å². The standard InChI is InChI=1S/C14H27N3O3/c1-11(2)9-15-13(19)16-12(18)10-17-7-4-5-14(3,20)6-8-17/h11,20H,4-10H2,1-3H3,(H2,15,16,18,19). The van der Waals surface area contributed by atoms with Gasteiger partial charge in [-0.3, -0.25) is 15.0 Å². The Morgan fingerprint density at radius 3 is 2.65 bits per heavy atom. The summed E-state index contributed by atoms with van der Waals surface area (Å²) < 4.78 is 0. The first-order chi connectivity index (χ1) is 9.28. The highest BCUT2D eigenvalue weighted by Gasteiger charge is 2.25. The van der Waals surface area contributed by atoms with Gasteiger partial charge in [-0.1, -0.05) is 13.8 Å². The monoisotopic (exact) mass is 285 g/mol. The number of likely N-dealkylation sites (tertiary alicyclic amines) is 1. The number of urea groups is 1. The first-order valence-electron chi connectivity index (χ1n) is 7.31. The van der Waals surface area contributed by atoms with E-state index in [1.54, 1.807) is 0 Å². The second-order valence-corrected chi connectivity index (χ2v) is 6.28. The van der Waals surface area contributed by atoms with Crippen LogP contribution in [0.5, 0.6) is 0 Å². The van der Waals surface area contributed by atoms with Crippen LogP contribution in [0.4, 0.5) is 4.79 Å². The molecule has 0 aromatic heterocycles. The van der Waals surface area contributed by atoms with Crippen LogP contribution < -0.4 is 10.6 Å². The zero-order valence-electron chi connectivity index (χ0n) is 12.7. The molecular formula is C14H27N3O3. The maximum atomic E-state index is 11.8. The Morgan fingerprint density at radius 2 is 2.00 bits per heavy atom. The van der Waals surface area contributed by atoms with E-state index < -0.39 is 11.6 Å². The van der Waals surface area contributed by atoms with E-state index in [-0.39, 0.29) is 12.5 Å². The summed E-state index contributed by atoms with van der Waals surface area (Å²) in [5, 5.41) is 15.0. The fourth-order valence-electron chi connectivity index (χ4n) is 2.19. The highest BCUT2D eigenvalue weighted by Crippen LogP contribution is 2.20. The molecule has 1 atom stereocenters. The molecular weight excluding hydrogens is 258 g/mol. The number of carbonyl (C=O) groups is 2. The summed E-state index contributed by atoms with van der Waals surface area (Å²) in [5.41, 5.74) is -0.639. The normalized spacial score (nSPS) is 24.2. The number of hydrogen-bond acceptors (Lipinski definition) is 4. The molecule has 0 saturated carbocycles. The van der Waals surface area contributed by atoms with E-state index in [4.69, 9.17) is 0 Å². The molecule has 1 saturated heterocycles. The van der Waals surface area contributed by atoms with Gasteiger partial charge in [0.1, 0.15) is 0 Å². The number of rotatable bonds is 4. The van der Waals surface area contributed by atoms with Crippen molar-refractivity contribution in [2.75, 3.05) is 26.2 Å². The summed E-state index contributed by atoms with van der Waals surface area (Å²) >= 11 is 0. The molecule has 3 amide bonds. The second kappa shape index (κ2) is 7.59. The molecule has 0 spiro atoms. The van der Waals surface area contributed by atoms with Crippen LogP contribution in [-0.4, -0.2) is 53.7 Å². The van der Waals surface area contributed by atoms with Crippen LogP contribution in [0.15, 0.2) is 0 Å². The van der Waals surface area contributed by atoms with Gasteiger partial charge >= 0.3 is 6.03 Å². The van der Waals surface area contributed by atoms with Crippen LogP contribution in [0.3, 0.4) is 0 Å². The third-order valence-electron chi connectivity index (χ3n) is 3.45. The largest absolute Gasteiger partial charge is 0.390 e.